The molecule has 4 rings (SSSR count). The highest BCUT2D eigenvalue weighted by Crippen LogP contribution is 2.50. The third kappa shape index (κ3) is 2.64. The Hall–Kier alpha value is -1.60. The number of fused-ring (bicyclic) bond motifs is 2. The molecule has 2 amide bonds. The molecule has 1 aromatic carbocycles. The minimum Gasteiger partial charge on any atom is -0.336 e. The van der Waals surface area contributed by atoms with Gasteiger partial charge in [-0.2, -0.15) is 4.31 Å². The number of sulfonamides is 1. The molecule has 1 N–H and O–H groups in total. The largest absolute Gasteiger partial charge is 0.336 e. The van der Waals surface area contributed by atoms with Crippen molar-refractivity contribution >= 4 is 16.1 Å². The molecule has 1 aliphatic carbocycles. The number of urea groups is 1. The van der Waals surface area contributed by atoms with Gasteiger partial charge in [0.25, 0.3) is 0 Å². The van der Waals surface area contributed by atoms with Crippen molar-refractivity contribution in [3.05, 3.63) is 29.8 Å². The van der Waals surface area contributed by atoms with Crippen LogP contribution in [0.2, 0.25) is 0 Å². The Morgan fingerprint density at radius 2 is 2.04 bits per heavy atom. The minimum atomic E-state index is -3.49. The van der Waals surface area contributed by atoms with E-state index in [1.54, 1.807) is 21.3 Å². The number of nitrogens with one attached hydrogen (secondary N) is 1. The van der Waals surface area contributed by atoms with Gasteiger partial charge in [0, 0.05) is 25.7 Å². The van der Waals surface area contributed by atoms with E-state index in [0.717, 1.165) is 18.4 Å². The predicted molar refractivity (Wildman–Crippen MR) is 94.6 cm³/mol. The number of likely N-dealkylation sites (tertiary alicyclic amines) is 1. The fourth-order valence-electron chi connectivity index (χ4n) is 4.10. The quantitative estimate of drug-likeness (QED) is 0.894. The lowest BCUT2D eigenvalue weighted by atomic mass is 9.88. The van der Waals surface area contributed by atoms with E-state index < -0.39 is 15.6 Å². The maximum atomic E-state index is 13.2. The van der Waals surface area contributed by atoms with Gasteiger partial charge in [0.2, 0.25) is 10.0 Å². The maximum Gasteiger partial charge on any atom is 0.317 e. The van der Waals surface area contributed by atoms with Gasteiger partial charge in [-0.3, -0.25) is 0 Å². The summed E-state index contributed by atoms with van der Waals surface area (Å²) in [5.41, 5.74) is 0.252. The lowest BCUT2D eigenvalue weighted by molar-refractivity contribution is 0.177. The molecule has 6 nitrogen and oxygen atoms in total. The molecule has 1 spiro atoms. The third-order valence-corrected chi connectivity index (χ3v) is 7.49. The first-order valence-corrected chi connectivity index (χ1v) is 10.5. The Morgan fingerprint density at radius 1 is 1.32 bits per heavy atom. The normalized spacial score (nSPS) is 27.9. The van der Waals surface area contributed by atoms with E-state index in [1.165, 1.54) is 0 Å². The highest BCUT2D eigenvalue weighted by Gasteiger charge is 2.58. The first kappa shape index (κ1) is 16.8. The average molecular weight is 363 g/mol. The van der Waals surface area contributed by atoms with Crippen molar-refractivity contribution < 1.29 is 13.2 Å². The Bertz CT molecular complexity index is 804. The molecule has 1 saturated heterocycles. The van der Waals surface area contributed by atoms with Crippen LogP contribution in [0.3, 0.4) is 0 Å². The van der Waals surface area contributed by atoms with E-state index in [1.807, 2.05) is 26.0 Å². The van der Waals surface area contributed by atoms with Crippen LogP contribution in [0.15, 0.2) is 29.2 Å². The molecule has 0 radical (unpaired) electrons. The topological polar surface area (TPSA) is 69.7 Å². The number of hydrogen-bond acceptors (Lipinski definition) is 3. The van der Waals surface area contributed by atoms with Crippen LogP contribution in [0.1, 0.15) is 38.7 Å². The van der Waals surface area contributed by atoms with Crippen molar-refractivity contribution in [1.29, 1.82) is 0 Å². The summed E-state index contributed by atoms with van der Waals surface area (Å²) in [6, 6.07) is 7.25. The Labute approximate surface area is 149 Å². The molecule has 2 heterocycles. The van der Waals surface area contributed by atoms with Crippen LogP contribution in [0.25, 0.3) is 0 Å². The predicted octanol–water partition coefficient (Wildman–Crippen LogP) is 2.12. The number of nitrogens with zero attached hydrogens (tertiary/aromatic N) is 2. The second kappa shape index (κ2) is 5.71. The standard InChI is InChI=1S/C18H25N3O3S/c1-13(2)19-17(22)20-10-9-18(12-20)15-5-3-4-6-16(15)25(23,24)21(18)11-14-7-8-14/h3-6,13-14H,7-12H2,1-2H3,(H,19,22)/t18-/m1/s1. The van der Waals surface area contributed by atoms with Crippen molar-refractivity contribution in [2.45, 2.75) is 49.6 Å². The van der Waals surface area contributed by atoms with Crippen molar-refractivity contribution in [3.63, 3.8) is 0 Å². The zero-order valence-corrected chi connectivity index (χ0v) is 15.6. The number of carbonyl (C=O) groups excluding carboxylic acids is 1. The number of hydrogen-bond donors (Lipinski definition) is 1. The summed E-state index contributed by atoms with van der Waals surface area (Å²) >= 11 is 0. The number of amides is 2. The Morgan fingerprint density at radius 3 is 2.72 bits per heavy atom. The summed E-state index contributed by atoms with van der Waals surface area (Å²) in [7, 11) is -3.49. The molecule has 0 unspecified atom stereocenters. The molecule has 25 heavy (non-hydrogen) atoms. The molecule has 1 atom stereocenters. The smallest absolute Gasteiger partial charge is 0.317 e. The molecule has 1 saturated carbocycles. The fourth-order valence-corrected chi connectivity index (χ4v) is 6.23. The van der Waals surface area contributed by atoms with Crippen molar-refractivity contribution in [2.24, 2.45) is 5.92 Å². The number of benzene rings is 1. The van der Waals surface area contributed by atoms with E-state index in [0.29, 0.717) is 36.9 Å². The van der Waals surface area contributed by atoms with Crippen molar-refractivity contribution in [1.82, 2.24) is 14.5 Å². The second-order valence-corrected chi connectivity index (χ2v) is 9.61. The summed E-state index contributed by atoms with van der Waals surface area (Å²) in [5, 5.41) is 2.92. The van der Waals surface area contributed by atoms with E-state index in [2.05, 4.69) is 5.32 Å². The van der Waals surface area contributed by atoms with Crippen LogP contribution >= 0.6 is 0 Å². The average Bonchev–Trinajstić information content (AvgIpc) is 3.24. The lowest BCUT2D eigenvalue weighted by Gasteiger charge is -2.34. The van der Waals surface area contributed by atoms with E-state index >= 15 is 0 Å². The van der Waals surface area contributed by atoms with Gasteiger partial charge < -0.3 is 10.2 Å². The first-order chi connectivity index (χ1) is 11.8. The van der Waals surface area contributed by atoms with Gasteiger partial charge in [-0.05, 0) is 50.7 Å². The SMILES string of the molecule is CC(C)NC(=O)N1CC[C@@]2(C1)c1ccccc1S(=O)(=O)N2CC1CC1. The third-order valence-electron chi connectivity index (χ3n) is 5.50. The van der Waals surface area contributed by atoms with Gasteiger partial charge in [-0.25, -0.2) is 13.2 Å². The van der Waals surface area contributed by atoms with Crippen molar-refractivity contribution in [3.8, 4) is 0 Å². The van der Waals surface area contributed by atoms with Gasteiger partial charge in [-0.1, -0.05) is 18.2 Å². The lowest BCUT2D eigenvalue weighted by Crippen LogP contribution is -2.49. The molecule has 136 valence electrons. The van der Waals surface area contributed by atoms with Crippen LogP contribution in [0.4, 0.5) is 4.79 Å². The highest BCUT2D eigenvalue weighted by atomic mass is 32.2. The van der Waals surface area contributed by atoms with Gasteiger partial charge in [-0.15, -0.1) is 0 Å². The number of rotatable bonds is 3. The molecule has 7 heteroatoms. The minimum absolute atomic E-state index is 0.0613. The van der Waals surface area contributed by atoms with Gasteiger partial charge in [0.15, 0.2) is 0 Å². The molecule has 0 bridgehead atoms. The zero-order chi connectivity index (χ0) is 17.8. The molecule has 2 fully saturated rings. The van der Waals surface area contributed by atoms with E-state index in [-0.39, 0.29) is 12.1 Å². The van der Waals surface area contributed by atoms with Gasteiger partial charge in [0.05, 0.1) is 10.4 Å². The summed E-state index contributed by atoms with van der Waals surface area (Å²) < 4.78 is 28.0. The van der Waals surface area contributed by atoms with Crippen LogP contribution in [-0.2, 0) is 15.6 Å². The van der Waals surface area contributed by atoms with Crippen LogP contribution in [0, 0.1) is 5.92 Å². The molecule has 3 aliphatic rings. The summed E-state index contributed by atoms with van der Waals surface area (Å²) in [5.74, 6) is 0.458. The van der Waals surface area contributed by atoms with E-state index in [9.17, 15) is 13.2 Å². The maximum absolute atomic E-state index is 13.2. The molecule has 1 aromatic rings. The Kier molecular flexibility index (Phi) is 3.85. The summed E-state index contributed by atoms with van der Waals surface area (Å²) in [4.78, 5) is 14.6. The zero-order valence-electron chi connectivity index (χ0n) is 14.7. The van der Waals surface area contributed by atoms with Gasteiger partial charge in [0.1, 0.15) is 0 Å². The van der Waals surface area contributed by atoms with Gasteiger partial charge >= 0.3 is 6.03 Å². The Balaban J connectivity index is 1.72. The highest BCUT2D eigenvalue weighted by molar-refractivity contribution is 7.89. The fraction of sp³-hybridized carbons (Fsp3) is 0.611. The molecular weight excluding hydrogens is 338 g/mol. The van der Waals surface area contributed by atoms with Crippen LogP contribution in [-0.4, -0.2) is 49.3 Å². The molecule has 2 aliphatic heterocycles. The first-order valence-electron chi connectivity index (χ1n) is 9.02. The monoisotopic (exact) mass is 363 g/mol. The van der Waals surface area contributed by atoms with Crippen LogP contribution < -0.4 is 5.32 Å². The summed E-state index contributed by atoms with van der Waals surface area (Å²) in [6.45, 7) is 5.42. The molecular formula is C18H25N3O3S. The second-order valence-electron chi connectivity index (χ2n) is 7.78. The summed E-state index contributed by atoms with van der Waals surface area (Å²) in [6.07, 6.45) is 2.84. The van der Waals surface area contributed by atoms with Crippen LogP contribution in [0.5, 0.6) is 0 Å². The number of carbonyl (C=O) groups is 1. The molecule has 0 aromatic heterocycles. The van der Waals surface area contributed by atoms with E-state index in [4.69, 9.17) is 0 Å². The van der Waals surface area contributed by atoms with Crippen molar-refractivity contribution in [2.75, 3.05) is 19.6 Å².